The molecule has 20 heavy (non-hydrogen) atoms. The van der Waals surface area contributed by atoms with Crippen molar-refractivity contribution in [3.63, 3.8) is 0 Å². The summed E-state index contributed by atoms with van der Waals surface area (Å²) in [5, 5.41) is 9.38. The topological polar surface area (TPSA) is 83.8 Å². The fourth-order valence-corrected chi connectivity index (χ4v) is 2.46. The van der Waals surface area contributed by atoms with Gasteiger partial charge < -0.3 is 14.5 Å². The van der Waals surface area contributed by atoms with Crippen molar-refractivity contribution in [1.29, 1.82) is 0 Å². The molecule has 0 aliphatic carbocycles. The summed E-state index contributed by atoms with van der Waals surface area (Å²) in [6, 6.07) is 6.19. The van der Waals surface area contributed by atoms with E-state index in [1.807, 2.05) is 0 Å². The van der Waals surface area contributed by atoms with Crippen LogP contribution in [0.25, 0.3) is 6.08 Å². The molecule has 0 fully saturated rings. The van der Waals surface area contributed by atoms with Crippen LogP contribution >= 0.6 is 7.60 Å². The van der Waals surface area contributed by atoms with Gasteiger partial charge in [0, 0.05) is 12.7 Å². The lowest BCUT2D eigenvalue weighted by Crippen LogP contribution is -2.17. The van der Waals surface area contributed by atoms with Gasteiger partial charge in [-0.1, -0.05) is 32.9 Å². The summed E-state index contributed by atoms with van der Waals surface area (Å²) >= 11 is 0. The molecule has 0 aliphatic heterocycles. The number of rotatable bonds is 4. The van der Waals surface area contributed by atoms with Crippen molar-refractivity contribution in [2.75, 3.05) is 7.11 Å². The molecule has 1 aromatic rings. The van der Waals surface area contributed by atoms with Crippen molar-refractivity contribution in [3.8, 4) is 0 Å². The Labute approximate surface area is 118 Å². The fraction of sp³-hybridized carbons (Fsp3) is 0.357. The van der Waals surface area contributed by atoms with Crippen LogP contribution in [0.5, 0.6) is 0 Å². The molecular formula is C14H19O5P. The van der Waals surface area contributed by atoms with Crippen molar-refractivity contribution in [3.05, 3.63) is 35.4 Å². The predicted molar refractivity (Wildman–Crippen MR) is 78.0 cm³/mol. The molecule has 1 rings (SSSR count). The maximum atomic E-state index is 11.7. The van der Waals surface area contributed by atoms with Gasteiger partial charge in [0.15, 0.2) is 0 Å². The zero-order chi connectivity index (χ0) is 15.6. The molecule has 0 radical (unpaired) electrons. The number of aliphatic carboxylic acids is 1. The van der Waals surface area contributed by atoms with E-state index >= 15 is 0 Å². The molecule has 2 N–H and O–H groups in total. The molecule has 1 atom stereocenters. The van der Waals surface area contributed by atoms with E-state index in [0.717, 1.165) is 7.11 Å². The van der Waals surface area contributed by atoms with Crippen LogP contribution in [-0.4, -0.2) is 23.1 Å². The number of carboxylic acids is 1. The van der Waals surface area contributed by atoms with Gasteiger partial charge in [0.1, 0.15) is 0 Å². The van der Waals surface area contributed by atoms with Gasteiger partial charge >= 0.3 is 13.6 Å². The number of hydrogen-bond acceptors (Lipinski definition) is 3. The third-order valence-electron chi connectivity index (χ3n) is 2.79. The van der Waals surface area contributed by atoms with Crippen LogP contribution in [0.3, 0.4) is 0 Å². The van der Waals surface area contributed by atoms with Gasteiger partial charge in [-0.05, 0) is 29.2 Å². The van der Waals surface area contributed by atoms with Crippen molar-refractivity contribution in [2.24, 2.45) is 5.41 Å². The Bertz CT molecular complexity index is 583. The highest BCUT2D eigenvalue weighted by atomic mass is 31.2. The van der Waals surface area contributed by atoms with Gasteiger partial charge in [-0.15, -0.1) is 0 Å². The average Bonchev–Trinajstić information content (AvgIpc) is 2.34. The van der Waals surface area contributed by atoms with E-state index in [-0.39, 0.29) is 10.9 Å². The first-order valence-corrected chi connectivity index (χ1v) is 7.60. The minimum absolute atomic E-state index is 0.132. The summed E-state index contributed by atoms with van der Waals surface area (Å²) < 4.78 is 16.3. The van der Waals surface area contributed by atoms with E-state index < -0.39 is 19.0 Å². The summed E-state index contributed by atoms with van der Waals surface area (Å²) in [4.78, 5) is 20.9. The molecule has 0 aromatic heterocycles. The monoisotopic (exact) mass is 298 g/mol. The molecular weight excluding hydrogens is 279 g/mol. The van der Waals surface area contributed by atoms with Gasteiger partial charge in [-0.25, -0.2) is 4.79 Å². The Morgan fingerprint density at radius 1 is 1.35 bits per heavy atom. The van der Waals surface area contributed by atoms with Crippen LogP contribution in [-0.2, 0) is 13.9 Å². The second-order valence-electron chi connectivity index (χ2n) is 5.41. The molecule has 6 heteroatoms. The largest absolute Gasteiger partial charge is 0.478 e. The lowest BCUT2D eigenvalue weighted by molar-refractivity contribution is -0.133. The van der Waals surface area contributed by atoms with Crippen molar-refractivity contribution < 1.29 is 23.9 Å². The lowest BCUT2D eigenvalue weighted by atomic mass is 9.85. The molecule has 0 amide bonds. The van der Waals surface area contributed by atoms with Crippen molar-refractivity contribution in [2.45, 2.75) is 20.8 Å². The minimum Gasteiger partial charge on any atom is -0.478 e. The van der Waals surface area contributed by atoms with Crippen molar-refractivity contribution in [1.82, 2.24) is 0 Å². The SMILES string of the molecule is COP(=O)(O)c1cccc(/C=C(/C(=O)O)C(C)(C)C)c1. The number of hydrogen-bond donors (Lipinski definition) is 2. The fourth-order valence-electron chi connectivity index (χ4n) is 1.66. The Morgan fingerprint density at radius 2 is 1.95 bits per heavy atom. The zero-order valence-electron chi connectivity index (χ0n) is 12.0. The molecule has 1 aromatic carbocycles. The van der Waals surface area contributed by atoms with Crippen LogP contribution in [0, 0.1) is 5.41 Å². The molecule has 0 bridgehead atoms. The zero-order valence-corrected chi connectivity index (χ0v) is 12.8. The minimum atomic E-state index is -3.84. The van der Waals surface area contributed by atoms with Gasteiger partial charge in [-0.3, -0.25) is 4.57 Å². The quantitative estimate of drug-likeness (QED) is 0.659. The summed E-state index contributed by atoms with van der Waals surface area (Å²) in [6.07, 6.45) is 1.50. The molecule has 5 nitrogen and oxygen atoms in total. The second kappa shape index (κ2) is 5.92. The predicted octanol–water partition coefficient (Wildman–Crippen LogP) is 2.66. The van der Waals surface area contributed by atoms with Crippen LogP contribution < -0.4 is 5.30 Å². The second-order valence-corrected chi connectivity index (χ2v) is 7.33. The number of carboxylic acid groups (broad SMARTS) is 1. The van der Waals surface area contributed by atoms with Crippen molar-refractivity contribution >= 4 is 24.9 Å². The summed E-state index contributed by atoms with van der Waals surface area (Å²) in [7, 11) is -2.68. The summed E-state index contributed by atoms with van der Waals surface area (Å²) in [5.41, 5.74) is 0.229. The van der Waals surface area contributed by atoms with Gasteiger partial charge in [0.2, 0.25) is 0 Å². The van der Waals surface area contributed by atoms with Crippen LogP contribution in [0.1, 0.15) is 26.3 Å². The molecule has 1 unspecified atom stereocenters. The standard InChI is InChI=1S/C14H19O5P/c1-14(2,3)12(13(15)16)9-10-6-5-7-11(8-10)20(17,18)19-4/h5-9H,1-4H3,(H,15,16)(H,17,18)/b12-9-. The van der Waals surface area contributed by atoms with E-state index in [4.69, 9.17) is 0 Å². The first-order valence-electron chi connectivity index (χ1n) is 6.02. The number of benzene rings is 1. The summed E-state index contributed by atoms with van der Waals surface area (Å²) in [5.74, 6) is -1.01. The Kier molecular flexibility index (Phi) is 4.92. The van der Waals surface area contributed by atoms with Gasteiger partial charge in [-0.2, -0.15) is 0 Å². The molecule has 0 aliphatic rings. The summed E-state index contributed by atoms with van der Waals surface area (Å²) in [6.45, 7) is 5.38. The maximum Gasteiger partial charge on any atom is 0.358 e. The van der Waals surface area contributed by atoms with Crippen LogP contribution in [0.15, 0.2) is 29.8 Å². The first kappa shape index (κ1) is 16.6. The maximum absolute atomic E-state index is 11.7. The van der Waals surface area contributed by atoms with E-state index in [9.17, 15) is 19.4 Å². The van der Waals surface area contributed by atoms with Gasteiger partial charge in [0.25, 0.3) is 0 Å². The normalized spacial score (nSPS) is 15.8. The Balaban J connectivity index is 3.31. The van der Waals surface area contributed by atoms with E-state index in [1.165, 1.54) is 18.2 Å². The van der Waals surface area contributed by atoms with Crippen LogP contribution in [0.4, 0.5) is 0 Å². The van der Waals surface area contributed by atoms with Gasteiger partial charge in [0.05, 0.1) is 5.30 Å². The number of carbonyl (C=O) groups is 1. The van der Waals surface area contributed by atoms with E-state index in [0.29, 0.717) is 5.56 Å². The highest BCUT2D eigenvalue weighted by Crippen LogP contribution is 2.39. The average molecular weight is 298 g/mol. The molecule has 0 saturated carbocycles. The highest BCUT2D eigenvalue weighted by Gasteiger charge is 2.24. The first-order chi connectivity index (χ1) is 9.08. The third kappa shape index (κ3) is 4.04. The van der Waals surface area contributed by atoms with Crippen LogP contribution in [0.2, 0.25) is 0 Å². The lowest BCUT2D eigenvalue weighted by Gasteiger charge is -2.19. The molecule has 0 saturated heterocycles. The Morgan fingerprint density at radius 3 is 2.40 bits per heavy atom. The van der Waals surface area contributed by atoms with E-state index in [1.54, 1.807) is 32.9 Å². The highest BCUT2D eigenvalue weighted by molar-refractivity contribution is 7.61. The smallest absolute Gasteiger partial charge is 0.358 e. The molecule has 110 valence electrons. The van der Waals surface area contributed by atoms with E-state index in [2.05, 4.69) is 4.52 Å². The molecule has 0 heterocycles. The third-order valence-corrected chi connectivity index (χ3v) is 4.22. The molecule has 0 spiro atoms. The Hall–Kier alpha value is -1.42.